The number of hydrogen-bond acceptors (Lipinski definition) is 3. The van der Waals surface area contributed by atoms with Crippen molar-refractivity contribution in [3.8, 4) is 5.75 Å². The minimum absolute atomic E-state index is 0.0712. The van der Waals surface area contributed by atoms with Crippen LogP contribution in [0.3, 0.4) is 0 Å². The summed E-state index contributed by atoms with van der Waals surface area (Å²) in [7, 11) is 0. The predicted molar refractivity (Wildman–Crippen MR) is 86.7 cm³/mol. The summed E-state index contributed by atoms with van der Waals surface area (Å²) in [5, 5.41) is 0.612. The van der Waals surface area contributed by atoms with Crippen LogP contribution in [0.5, 0.6) is 5.75 Å². The lowest BCUT2D eigenvalue weighted by atomic mass is 9.85. The lowest BCUT2D eigenvalue weighted by molar-refractivity contribution is -0.140. The average molecular weight is 385 g/mol. The maximum atomic E-state index is 12.3. The minimum Gasteiger partial charge on any atom is -0.491 e. The molecule has 2 amide bonds. The number of benzene rings is 1. The minimum atomic E-state index is -0.181. The van der Waals surface area contributed by atoms with Crippen LogP contribution >= 0.6 is 27.5 Å². The Labute approximate surface area is 142 Å². The molecule has 1 aromatic carbocycles. The van der Waals surface area contributed by atoms with Crippen molar-refractivity contribution in [3.63, 3.8) is 0 Å². The Morgan fingerprint density at radius 1 is 1.18 bits per heavy atom. The first-order valence-electron chi connectivity index (χ1n) is 7.16. The molecule has 1 heterocycles. The van der Waals surface area contributed by atoms with Gasteiger partial charge in [0.15, 0.2) is 0 Å². The Hall–Kier alpha value is -1.33. The number of likely N-dealkylation sites (tertiary alicyclic amines) is 1. The van der Waals surface area contributed by atoms with E-state index in [1.54, 1.807) is 18.2 Å². The van der Waals surface area contributed by atoms with Crippen molar-refractivity contribution >= 4 is 39.3 Å². The van der Waals surface area contributed by atoms with E-state index in [-0.39, 0.29) is 36.8 Å². The number of hydrogen-bond donors (Lipinski definition) is 0. The Morgan fingerprint density at radius 2 is 1.82 bits per heavy atom. The molecule has 0 saturated carbocycles. The van der Waals surface area contributed by atoms with Crippen molar-refractivity contribution in [2.24, 2.45) is 11.8 Å². The van der Waals surface area contributed by atoms with Crippen molar-refractivity contribution in [3.05, 3.63) is 39.8 Å². The maximum Gasteiger partial charge on any atom is 0.233 e. The monoisotopic (exact) mass is 383 g/mol. The summed E-state index contributed by atoms with van der Waals surface area (Å²) in [6.45, 7) is 0.546. The Kier molecular flexibility index (Phi) is 4.54. The number of fused-ring (bicyclic) bond motifs is 1. The van der Waals surface area contributed by atoms with Gasteiger partial charge in [-0.25, -0.2) is 0 Å². The molecule has 0 bridgehead atoms. The summed E-state index contributed by atoms with van der Waals surface area (Å²) in [5.74, 6) is 0.137. The van der Waals surface area contributed by atoms with Crippen molar-refractivity contribution in [2.45, 2.75) is 12.8 Å². The first-order chi connectivity index (χ1) is 10.6. The van der Waals surface area contributed by atoms with Gasteiger partial charge < -0.3 is 4.74 Å². The Balaban J connectivity index is 1.60. The highest BCUT2D eigenvalue weighted by atomic mass is 79.9. The normalized spacial score (nSPS) is 23.8. The second-order valence-electron chi connectivity index (χ2n) is 5.41. The van der Waals surface area contributed by atoms with Crippen LogP contribution in [0.2, 0.25) is 5.02 Å². The fourth-order valence-corrected chi connectivity index (χ4v) is 3.73. The lowest BCUT2D eigenvalue weighted by Crippen LogP contribution is -2.34. The van der Waals surface area contributed by atoms with E-state index in [9.17, 15) is 9.59 Å². The summed E-state index contributed by atoms with van der Waals surface area (Å²) < 4.78 is 6.38. The fourth-order valence-electron chi connectivity index (χ4n) is 2.93. The zero-order valence-corrected chi connectivity index (χ0v) is 14.1. The average Bonchev–Trinajstić information content (AvgIpc) is 2.75. The molecular formula is C16H15BrClNO3. The van der Waals surface area contributed by atoms with Crippen LogP contribution in [0.25, 0.3) is 0 Å². The molecule has 22 heavy (non-hydrogen) atoms. The molecule has 2 aliphatic rings. The molecule has 0 unspecified atom stereocenters. The molecule has 0 aromatic heterocycles. The molecule has 1 aromatic rings. The van der Waals surface area contributed by atoms with Crippen LogP contribution < -0.4 is 4.74 Å². The van der Waals surface area contributed by atoms with Crippen molar-refractivity contribution < 1.29 is 14.3 Å². The molecule has 0 N–H and O–H groups in total. The summed E-state index contributed by atoms with van der Waals surface area (Å²) in [5.41, 5.74) is 0. The third-order valence-electron chi connectivity index (χ3n) is 4.07. The van der Waals surface area contributed by atoms with Gasteiger partial charge in [-0.15, -0.1) is 0 Å². The first-order valence-corrected chi connectivity index (χ1v) is 8.33. The van der Waals surface area contributed by atoms with Gasteiger partial charge in [0.2, 0.25) is 11.8 Å². The van der Waals surface area contributed by atoms with Gasteiger partial charge in [-0.2, -0.15) is 0 Å². The Bertz CT molecular complexity index is 620. The van der Waals surface area contributed by atoms with Crippen molar-refractivity contribution in [2.75, 3.05) is 13.2 Å². The van der Waals surface area contributed by atoms with Crippen LogP contribution in [-0.4, -0.2) is 29.9 Å². The van der Waals surface area contributed by atoms with Gasteiger partial charge in [-0.05, 0) is 47.0 Å². The smallest absolute Gasteiger partial charge is 0.233 e. The van der Waals surface area contributed by atoms with Crippen molar-refractivity contribution in [1.29, 1.82) is 0 Å². The number of allylic oxidation sites excluding steroid dienone is 2. The van der Waals surface area contributed by atoms with E-state index >= 15 is 0 Å². The molecule has 1 fully saturated rings. The van der Waals surface area contributed by atoms with Crippen LogP contribution in [-0.2, 0) is 9.59 Å². The number of rotatable bonds is 4. The fraction of sp³-hybridized carbons (Fsp3) is 0.375. The van der Waals surface area contributed by atoms with Gasteiger partial charge in [-0.1, -0.05) is 23.8 Å². The Morgan fingerprint density at radius 3 is 2.41 bits per heavy atom. The largest absolute Gasteiger partial charge is 0.491 e. The van der Waals surface area contributed by atoms with E-state index in [4.69, 9.17) is 16.3 Å². The molecule has 116 valence electrons. The maximum absolute atomic E-state index is 12.3. The molecule has 3 rings (SSSR count). The third kappa shape index (κ3) is 2.92. The highest BCUT2D eigenvalue weighted by molar-refractivity contribution is 9.10. The quantitative estimate of drug-likeness (QED) is 0.590. The molecule has 1 aliphatic heterocycles. The topological polar surface area (TPSA) is 46.6 Å². The van der Waals surface area contributed by atoms with E-state index in [0.717, 1.165) is 4.47 Å². The van der Waals surface area contributed by atoms with Gasteiger partial charge >= 0.3 is 0 Å². The molecule has 0 spiro atoms. The number of nitrogens with zero attached hydrogens (tertiary/aromatic N) is 1. The summed E-state index contributed by atoms with van der Waals surface area (Å²) in [6.07, 6.45) is 5.29. The second-order valence-corrected chi connectivity index (χ2v) is 6.70. The first kappa shape index (κ1) is 15.6. The van der Waals surface area contributed by atoms with Crippen LogP contribution in [0, 0.1) is 11.8 Å². The van der Waals surface area contributed by atoms with Gasteiger partial charge in [0.05, 0.1) is 22.9 Å². The SMILES string of the molecule is O=C1[C@@H]2CC=CC[C@H]2C(=O)N1CCOc1ccc(Cl)cc1Br. The molecule has 0 radical (unpaired) electrons. The van der Waals surface area contributed by atoms with E-state index < -0.39 is 0 Å². The molecule has 4 nitrogen and oxygen atoms in total. The number of ether oxygens (including phenoxy) is 1. The molecular weight excluding hydrogens is 370 g/mol. The standard InChI is InChI=1S/C16H15BrClNO3/c17-13-9-10(18)5-6-14(13)22-8-7-19-15(20)11-3-1-2-4-12(11)16(19)21/h1-2,5-6,9,11-12H,3-4,7-8H2/t11-,12-/m1/s1. The van der Waals surface area contributed by atoms with Crippen LogP contribution in [0.4, 0.5) is 0 Å². The van der Waals surface area contributed by atoms with E-state index in [2.05, 4.69) is 15.9 Å². The summed E-state index contributed by atoms with van der Waals surface area (Å²) >= 11 is 9.24. The lowest BCUT2D eigenvalue weighted by Gasteiger charge is -2.15. The van der Waals surface area contributed by atoms with E-state index in [0.29, 0.717) is 23.6 Å². The highest BCUT2D eigenvalue weighted by Gasteiger charge is 2.46. The van der Waals surface area contributed by atoms with Gasteiger partial charge in [0.1, 0.15) is 12.4 Å². The number of amides is 2. The number of imide groups is 1. The molecule has 1 aliphatic carbocycles. The van der Waals surface area contributed by atoms with Gasteiger partial charge in [-0.3, -0.25) is 14.5 Å². The van der Waals surface area contributed by atoms with Gasteiger partial charge in [0, 0.05) is 5.02 Å². The second kappa shape index (κ2) is 6.42. The number of carbonyl (C=O) groups excluding carboxylic acids is 2. The van der Waals surface area contributed by atoms with E-state index in [1.165, 1.54) is 4.90 Å². The molecule has 1 saturated heterocycles. The van der Waals surface area contributed by atoms with Crippen LogP contribution in [0.15, 0.2) is 34.8 Å². The predicted octanol–water partition coefficient (Wildman–Crippen LogP) is 3.43. The zero-order chi connectivity index (χ0) is 15.7. The number of carbonyl (C=O) groups is 2. The summed E-state index contributed by atoms with van der Waals surface area (Å²) in [4.78, 5) is 25.9. The molecule has 6 heteroatoms. The number of halogens is 2. The van der Waals surface area contributed by atoms with Crippen LogP contribution in [0.1, 0.15) is 12.8 Å². The van der Waals surface area contributed by atoms with Crippen molar-refractivity contribution in [1.82, 2.24) is 4.90 Å². The zero-order valence-electron chi connectivity index (χ0n) is 11.8. The third-order valence-corrected chi connectivity index (χ3v) is 4.92. The van der Waals surface area contributed by atoms with Gasteiger partial charge in [0.25, 0.3) is 0 Å². The molecule has 2 atom stereocenters. The summed E-state index contributed by atoms with van der Waals surface area (Å²) in [6, 6.07) is 5.22. The van der Waals surface area contributed by atoms with E-state index in [1.807, 2.05) is 12.2 Å². The highest BCUT2D eigenvalue weighted by Crippen LogP contribution is 2.35.